The fraction of sp³-hybridized carbons (Fsp3) is 1.00. The second-order valence-electron chi connectivity index (χ2n) is 3.19. The van der Waals surface area contributed by atoms with E-state index in [2.05, 4.69) is 12.2 Å². The SMILES string of the molecule is C[C@@H]1CCCN[C@@H]1CCO. The normalized spacial score (nSPS) is 34.2. The summed E-state index contributed by atoms with van der Waals surface area (Å²) in [6.07, 6.45) is 3.53. The molecule has 0 bridgehead atoms. The van der Waals surface area contributed by atoms with Crippen LogP contribution in [-0.2, 0) is 0 Å². The van der Waals surface area contributed by atoms with Gasteiger partial charge in [0.05, 0.1) is 0 Å². The lowest BCUT2D eigenvalue weighted by molar-refractivity contribution is 0.217. The van der Waals surface area contributed by atoms with Crippen molar-refractivity contribution in [3.63, 3.8) is 0 Å². The quantitative estimate of drug-likeness (QED) is 0.598. The lowest BCUT2D eigenvalue weighted by Gasteiger charge is -2.29. The first-order valence-corrected chi connectivity index (χ1v) is 4.19. The minimum Gasteiger partial charge on any atom is -0.396 e. The molecule has 2 atom stereocenters. The minimum atomic E-state index is 0.321. The van der Waals surface area contributed by atoms with E-state index in [9.17, 15) is 0 Å². The van der Waals surface area contributed by atoms with Gasteiger partial charge in [0.2, 0.25) is 0 Å². The van der Waals surface area contributed by atoms with Gasteiger partial charge < -0.3 is 10.4 Å². The molecule has 1 saturated heterocycles. The third kappa shape index (κ3) is 1.96. The molecule has 0 radical (unpaired) electrons. The van der Waals surface area contributed by atoms with Crippen molar-refractivity contribution >= 4 is 0 Å². The van der Waals surface area contributed by atoms with E-state index in [4.69, 9.17) is 5.11 Å². The Balaban J connectivity index is 2.25. The Bertz CT molecular complexity index is 93.3. The first-order chi connectivity index (χ1) is 4.84. The Morgan fingerprint density at radius 2 is 2.40 bits per heavy atom. The summed E-state index contributed by atoms with van der Waals surface area (Å²) in [5.74, 6) is 0.751. The maximum Gasteiger partial charge on any atom is 0.0445 e. The second-order valence-corrected chi connectivity index (χ2v) is 3.19. The number of hydrogen-bond donors (Lipinski definition) is 2. The zero-order chi connectivity index (χ0) is 7.40. The fourth-order valence-electron chi connectivity index (χ4n) is 1.64. The van der Waals surface area contributed by atoms with Gasteiger partial charge in [0.15, 0.2) is 0 Å². The van der Waals surface area contributed by atoms with Crippen molar-refractivity contribution in [3.8, 4) is 0 Å². The summed E-state index contributed by atoms with van der Waals surface area (Å²) >= 11 is 0. The lowest BCUT2D eigenvalue weighted by Crippen LogP contribution is -2.40. The van der Waals surface area contributed by atoms with Crippen LogP contribution >= 0.6 is 0 Å². The number of aliphatic hydroxyl groups is 1. The molecule has 0 aromatic rings. The third-order valence-corrected chi connectivity index (χ3v) is 2.37. The molecular formula is C8H17NO. The van der Waals surface area contributed by atoms with Crippen LogP contribution in [0.5, 0.6) is 0 Å². The second kappa shape index (κ2) is 3.94. The maximum atomic E-state index is 8.70. The Hall–Kier alpha value is -0.0800. The molecule has 1 aliphatic rings. The molecule has 0 aliphatic carbocycles. The van der Waals surface area contributed by atoms with Crippen molar-refractivity contribution < 1.29 is 5.11 Å². The zero-order valence-corrected chi connectivity index (χ0v) is 6.64. The summed E-state index contributed by atoms with van der Waals surface area (Å²) in [5, 5.41) is 12.1. The van der Waals surface area contributed by atoms with Gasteiger partial charge in [0.1, 0.15) is 0 Å². The predicted molar refractivity (Wildman–Crippen MR) is 41.9 cm³/mol. The topological polar surface area (TPSA) is 32.3 Å². The molecule has 0 aromatic carbocycles. The first-order valence-electron chi connectivity index (χ1n) is 4.19. The van der Waals surface area contributed by atoms with E-state index in [0.717, 1.165) is 18.9 Å². The molecule has 0 unspecified atom stereocenters. The van der Waals surface area contributed by atoms with Crippen LogP contribution in [0.15, 0.2) is 0 Å². The van der Waals surface area contributed by atoms with Crippen LogP contribution in [0.25, 0.3) is 0 Å². The summed E-state index contributed by atoms with van der Waals surface area (Å²) in [4.78, 5) is 0. The summed E-state index contributed by atoms with van der Waals surface area (Å²) in [6, 6.07) is 0.568. The summed E-state index contributed by atoms with van der Waals surface area (Å²) < 4.78 is 0. The molecular weight excluding hydrogens is 126 g/mol. The lowest BCUT2D eigenvalue weighted by atomic mass is 9.91. The number of aliphatic hydroxyl groups excluding tert-OH is 1. The van der Waals surface area contributed by atoms with Crippen LogP contribution < -0.4 is 5.32 Å². The highest BCUT2D eigenvalue weighted by molar-refractivity contribution is 4.77. The molecule has 1 rings (SSSR count). The van der Waals surface area contributed by atoms with Crippen molar-refractivity contribution in [2.45, 2.75) is 32.2 Å². The average Bonchev–Trinajstić information content (AvgIpc) is 1.94. The molecule has 10 heavy (non-hydrogen) atoms. The molecule has 1 heterocycles. The third-order valence-electron chi connectivity index (χ3n) is 2.37. The number of piperidine rings is 1. The maximum absolute atomic E-state index is 8.70. The Labute approximate surface area is 62.6 Å². The van der Waals surface area contributed by atoms with Crippen LogP contribution in [0.1, 0.15) is 26.2 Å². The molecule has 60 valence electrons. The van der Waals surface area contributed by atoms with Crippen molar-refractivity contribution in [1.82, 2.24) is 5.32 Å². The fourth-order valence-corrected chi connectivity index (χ4v) is 1.64. The highest BCUT2D eigenvalue weighted by atomic mass is 16.3. The van der Waals surface area contributed by atoms with E-state index < -0.39 is 0 Å². The molecule has 1 fully saturated rings. The van der Waals surface area contributed by atoms with E-state index in [1.54, 1.807) is 0 Å². The number of nitrogens with one attached hydrogen (secondary N) is 1. The minimum absolute atomic E-state index is 0.321. The molecule has 0 saturated carbocycles. The van der Waals surface area contributed by atoms with E-state index in [0.29, 0.717) is 12.6 Å². The molecule has 0 spiro atoms. The predicted octanol–water partition coefficient (Wildman–Crippen LogP) is 0.757. The van der Waals surface area contributed by atoms with Gasteiger partial charge in [-0.25, -0.2) is 0 Å². The first kappa shape index (κ1) is 8.02. The largest absolute Gasteiger partial charge is 0.396 e. The highest BCUT2D eigenvalue weighted by Gasteiger charge is 2.19. The smallest absolute Gasteiger partial charge is 0.0445 e. The molecule has 0 aromatic heterocycles. The van der Waals surface area contributed by atoms with Gasteiger partial charge in [0.25, 0.3) is 0 Å². The Morgan fingerprint density at radius 1 is 1.60 bits per heavy atom. The van der Waals surface area contributed by atoms with E-state index >= 15 is 0 Å². The monoisotopic (exact) mass is 143 g/mol. The molecule has 2 N–H and O–H groups in total. The van der Waals surface area contributed by atoms with Gasteiger partial charge in [0, 0.05) is 12.6 Å². The number of rotatable bonds is 2. The van der Waals surface area contributed by atoms with Crippen molar-refractivity contribution in [3.05, 3.63) is 0 Å². The van der Waals surface area contributed by atoms with Gasteiger partial charge in [-0.3, -0.25) is 0 Å². The van der Waals surface area contributed by atoms with Gasteiger partial charge in [-0.2, -0.15) is 0 Å². The van der Waals surface area contributed by atoms with Crippen LogP contribution in [0.3, 0.4) is 0 Å². The highest BCUT2D eigenvalue weighted by Crippen LogP contribution is 2.17. The molecule has 2 heteroatoms. The van der Waals surface area contributed by atoms with Crippen molar-refractivity contribution in [1.29, 1.82) is 0 Å². The Morgan fingerprint density at radius 3 is 3.00 bits per heavy atom. The zero-order valence-electron chi connectivity index (χ0n) is 6.64. The molecule has 1 aliphatic heterocycles. The molecule has 2 nitrogen and oxygen atoms in total. The molecule has 0 amide bonds. The average molecular weight is 143 g/mol. The number of hydrogen-bond acceptors (Lipinski definition) is 2. The summed E-state index contributed by atoms with van der Waals surface area (Å²) in [6.45, 7) is 3.71. The van der Waals surface area contributed by atoms with Gasteiger partial charge in [-0.05, 0) is 31.7 Å². The van der Waals surface area contributed by atoms with Crippen molar-refractivity contribution in [2.24, 2.45) is 5.92 Å². The summed E-state index contributed by atoms with van der Waals surface area (Å²) in [5.41, 5.74) is 0. The van der Waals surface area contributed by atoms with Gasteiger partial charge >= 0.3 is 0 Å². The van der Waals surface area contributed by atoms with Crippen LogP contribution in [0, 0.1) is 5.92 Å². The summed E-state index contributed by atoms with van der Waals surface area (Å²) in [7, 11) is 0. The van der Waals surface area contributed by atoms with E-state index in [-0.39, 0.29) is 0 Å². The van der Waals surface area contributed by atoms with Crippen LogP contribution in [-0.4, -0.2) is 24.3 Å². The van der Waals surface area contributed by atoms with E-state index in [1.807, 2.05) is 0 Å². The Kier molecular flexibility index (Phi) is 3.16. The van der Waals surface area contributed by atoms with Gasteiger partial charge in [-0.15, -0.1) is 0 Å². The standard InChI is InChI=1S/C8H17NO/c1-7-3-2-5-9-8(7)4-6-10/h7-10H,2-6H2,1H3/t7-,8-/m1/s1. The van der Waals surface area contributed by atoms with Gasteiger partial charge in [-0.1, -0.05) is 6.92 Å². The van der Waals surface area contributed by atoms with Crippen molar-refractivity contribution in [2.75, 3.05) is 13.2 Å². The van der Waals surface area contributed by atoms with E-state index in [1.165, 1.54) is 12.8 Å². The van der Waals surface area contributed by atoms with Crippen LogP contribution in [0.2, 0.25) is 0 Å². The van der Waals surface area contributed by atoms with Crippen LogP contribution in [0.4, 0.5) is 0 Å².